The molecule has 7 heteroatoms. The predicted molar refractivity (Wildman–Crippen MR) is 117 cm³/mol. The first-order valence-corrected chi connectivity index (χ1v) is 15.5. The van der Waals surface area contributed by atoms with E-state index in [-0.39, 0.29) is 17.6 Å². The molecule has 1 spiro atoms. The van der Waals surface area contributed by atoms with Crippen molar-refractivity contribution in [2.75, 3.05) is 7.11 Å². The van der Waals surface area contributed by atoms with Crippen molar-refractivity contribution in [3.05, 3.63) is 44.9 Å². The van der Waals surface area contributed by atoms with E-state index in [4.69, 9.17) is 4.74 Å². The summed E-state index contributed by atoms with van der Waals surface area (Å²) in [5.41, 5.74) is 4.21. The summed E-state index contributed by atoms with van der Waals surface area (Å²) in [6.07, 6.45) is 5.13. The van der Waals surface area contributed by atoms with E-state index >= 15 is 0 Å². The minimum absolute atomic E-state index is 0.0573. The monoisotopic (exact) mass is 471 g/mol. The van der Waals surface area contributed by atoms with Crippen molar-refractivity contribution in [1.82, 2.24) is 4.72 Å². The molecular formula is C20H30BrNO3SSi. The molecule has 1 saturated carbocycles. The third-order valence-corrected chi connectivity index (χ3v) is 8.82. The van der Waals surface area contributed by atoms with Crippen LogP contribution in [-0.2, 0) is 21.2 Å². The Morgan fingerprint density at radius 2 is 1.93 bits per heavy atom. The van der Waals surface area contributed by atoms with E-state index in [0.29, 0.717) is 0 Å². The lowest BCUT2D eigenvalue weighted by molar-refractivity contribution is 0.0187. The zero-order valence-corrected chi connectivity index (χ0v) is 20.0. The standard InChI is InChI=1S/C20H30BrNO3SSi/c1-25-17-7-9-20(10-8-17)14-15-5-6-16(21)13-18(15)19(20)22-26(23,24)11-12-27(2,3)4/h5-6,11-13,17,19,22H,7-10,14H2,1-4H3/b12-11+. The Balaban J connectivity index is 1.93. The van der Waals surface area contributed by atoms with Crippen LogP contribution in [0.2, 0.25) is 19.6 Å². The number of rotatable bonds is 5. The number of benzene rings is 1. The summed E-state index contributed by atoms with van der Waals surface area (Å²) >= 11 is 3.56. The molecule has 0 saturated heterocycles. The number of fused-ring (bicyclic) bond motifs is 1. The van der Waals surface area contributed by atoms with E-state index in [2.05, 4.69) is 58.5 Å². The fourth-order valence-corrected chi connectivity index (χ4v) is 7.87. The summed E-state index contributed by atoms with van der Waals surface area (Å²) in [4.78, 5) is 0. The van der Waals surface area contributed by atoms with Gasteiger partial charge >= 0.3 is 0 Å². The Morgan fingerprint density at radius 1 is 1.26 bits per heavy atom. The lowest BCUT2D eigenvalue weighted by Gasteiger charge is -2.41. The highest BCUT2D eigenvalue weighted by Gasteiger charge is 2.49. The maximum Gasteiger partial charge on any atom is 0.233 e. The van der Waals surface area contributed by atoms with Crippen molar-refractivity contribution in [3.8, 4) is 0 Å². The van der Waals surface area contributed by atoms with Gasteiger partial charge in [-0.3, -0.25) is 0 Å². The minimum atomic E-state index is -3.49. The van der Waals surface area contributed by atoms with Gasteiger partial charge in [0.1, 0.15) is 0 Å². The minimum Gasteiger partial charge on any atom is -0.381 e. The highest BCUT2D eigenvalue weighted by atomic mass is 79.9. The summed E-state index contributed by atoms with van der Waals surface area (Å²) in [5.74, 6) is 0. The van der Waals surface area contributed by atoms with E-state index in [9.17, 15) is 8.42 Å². The van der Waals surface area contributed by atoms with Gasteiger partial charge in [-0.15, -0.1) is 0 Å². The van der Waals surface area contributed by atoms with Crippen LogP contribution in [0.4, 0.5) is 0 Å². The van der Waals surface area contributed by atoms with Crippen LogP contribution in [0.15, 0.2) is 33.8 Å². The smallest absolute Gasteiger partial charge is 0.233 e. The first kappa shape index (κ1) is 21.2. The van der Waals surface area contributed by atoms with Crippen molar-refractivity contribution in [1.29, 1.82) is 0 Å². The van der Waals surface area contributed by atoms with Crippen LogP contribution in [-0.4, -0.2) is 29.7 Å². The van der Waals surface area contributed by atoms with E-state index in [1.807, 2.05) is 5.70 Å². The summed E-state index contributed by atoms with van der Waals surface area (Å²) in [6, 6.07) is 6.09. The molecule has 0 aliphatic heterocycles. The van der Waals surface area contributed by atoms with Gasteiger partial charge in [0.15, 0.2) is 0 Å². The van der Waals surface area contributed by atoms with Gasteiger partial charge in [-0.1, -0.05) is 47.3 Å². The van der Waals surface area contributed by atoms with Crippen molar-refractivity contribution < 1.29 is 13.2 Å². The van der Waals surface area contributed by atoms with Gasteiger partial charge in [-0.25, -0.2) is 13.1 Å². The molecule has 0 bridgehead atoms. The molecule has 4 nitrogen and oxygen atoms in total. The average Bonchev–Trinajstić information content (AvgIpc) is 2.86. The lowest BCUT2D eigenvalue weighted by atomic mass is 9.69. The van der Waals surface area contributed by atoms with Gasteiger partial charge in [0, 0.05) is 17.0 Å². The second kappa shape index (κ2) is 7.75. The van der Waals surface area contributed by atoms with Gasteiger partial charge < -0.3 is 4.74 Å². The van der Waals surface area contributed by atoms with E-state index in [0.717, 1.165) is 42.1 Å². The highest BCUT2D eigenvalue weighted by Crippen LogP contribution is 2.55. The van der Waals surface area contributed by atoms with Gasteiger partial charge in [-0.05, 0) is 60.8 Å². The molecule has 0 radical (unpaired) electrons. The SMILES string of the molecule is COC1CCC2(CC1)Cc1ccc(Br)cc1C2NS(=O)(=O)/C=C/[Si](C)(C)C. The molecule has 27 heavy (non-hydrogen) atoms. The Morgan fingerprint density at radius 3 is 2.52 bits per heavy atom. The van der Waals surface area contributed by atoms with Crippen LogP contribution in [0.5, 0.6) is 0 Å². The number of sulfonamides is 1. The summed E-state index contributed by atoms with van der Waals surface area (Å²) < 4.78 is 35.3. The first-order valence-electron chi connectivity index (χ1n) is 9.56. The van der Waals surface area contributed by atoms with Crippen LogP contribution in [0.3, 0.4) is 0 Å². The number of ether oxygens (including phenoxy) is 1. The molecule has 1 unspecified atom stereocenters. The van der Waals surface area contributed by atoms with Crippen LogP contribution < -0.4 is 4.72 Å². The largest absolute Gasteiger partial charge is 0.381 e. The van der Waals surface area contributed by atoms with Crippen LogP contribution in [0, 0.1) is 5.41 Å². The summed E-state index contributed by atoms with van der Waals surface area (Å²) in [5, 5.41) is 1.39. The molecule has 2 aliphatic carbocycles. The third kappa shape index (κ3) is 4.93. The second-order valence-electron chi connectivity index (χ2n) is 9.08. The summed E-state index contributed by atoms with van der Waals surface area (Å²) in [6.45, 7) is 6.40. The number of hydrogen-bond donors (Lipinski definition) is 1. The molecule has 150 valence electrons. The Labute approximate surface area is 173 Å². The maximum atomic E-state index is 12.9. The second-order valence-corrected chi connectivity index (χ2v) is 16.7. The molecule has 1 fully saturated rings. The zero-order chi connectivity index (χ0) is 19.9. The van der Waals surface area contributed by atoms with E-state index < -0.39 is 18.1 Å². The molecule has 0 amide bonds. The molecule has 0 aromatic heterocycles. The van der Waals surface area contributed by atoms with Crippen LogP contribution in [0.25, 0.3) is 0 Å². The maximum absolute atomic E-state index is 12.9. The predicted octanol–water partition coefficient (Wildman–Crippen LogP) is 4.93. The van der Waals surface area contributed by atoms with Crippen LogP contribution in [0.1, 0.15) is 42.9 Å². The van der Waals surface area contributed by atoms with Gasteiger partial charge in [-0.2, -0.15) is 0 Å². The fraction of sp³-hybridized carbons (Fsp3) is 0.600. The van der Waals surface area contributed by atoms with Gasteiger partial charge in [0.25, 0.3) is 0 Å². The first-order chi connectivity index (χ1) is 12.5. The molecule has 2 aliphatic rings. The van der Waals surface area contributed by atoms with Gasteiger partial charge in [0.2, 0.25) is 10.0 Å². The van der Waals surface area contributed by atoms with Crippen molar-refractivity contribution in [2.24, 2.45) is 5.41 Å². The van der Waals surface area contributed by atoms with E-state index in [1.165, 1.54) is 11.0 Å². The topological polar surface area (TPSA) is 55.4 Å². The highest BCUT2D eigenvalue weighted by molar-refractivity contribution is 9.10. The molecule has 1 atom stereocenters. The molecule has 1 aromatic rings. The zero-order valence-electron chi connectivity index (χ0n) is 16.6. The molecule has 3 rings (SSSR count). The summed E-state index contributed by atoms with van der Waals surface area (Å²) in [7, 11) is -3.31. The Hall–Kier alpha value is -0.473. The molecule has 1 aromatic carbocycles. The van der Waals surface area contributed by atoms with E-state index in [1.54, 1.807) is 7.11 Å². The third-order valence-electron chi connectivity index (χ3n) is 5.86. The van der Waals surface area contributed by atoms with Crippen molar-refractivity contribution in [3.63, 3.8) is 0 Å². The fourth-order valence-electron chi connectivity index (χ4n) is 4.36. The number of halogens is 1. The quantitative estimate of drug-likeness (QED) is 0.619. The lowest BCUT2D eigenvalue weighted by Crippen LogP contribution is -2.41. The van der Waals surface area contributed by atoms with Crippen molar-refractivity contribution >= 4 is 34.0 Å². The Kier molecular flexibility index (Phi) is 6.09. The normalized spacial score (nSPS) is 28.8. The number of methoxy groups -OCH3 is 1. The number of hydrogen-bond acceptors (Lipinski definition) is 3. The average molecular weight is 473 g/mol. The van der Waals surface area contributed by atoms with Gasteiger partial charge in [0.05, 0.1) is 20.2 Å². The molecular weight excluding hydrogens is 442 g/mol. The Bertz CT molecular complexity index is 824. The number of nitrogens with one attached hydrogen (secondary N) is 1. The molecule has 1 N–H and O–H groups in total. The van der Waals surface area contributed by atoms with Crippen LogP contribution >= 0.6 is 15.9 Å². The molecule has 0 heterocycles. The van der Waals surface area contributed by atoms with Crippen molar-refractivity contribution in [2.45, 2.75) is 63.9 Å².